The van der Waals surface area contributed by atoms with E-state index >= 15 is 0 Å². The Hall–Kier alpha value is -1.46. The average Bonchev–Trinajstić information content (AvgIpc) is 2.80. The summed E-state index contributed by atoms with van der Waals surface area (Å²) in [4.78, 5) is 2.25. The molecular weight excluding hydrogens is 256 g/mol. The minimum atomic E-state index is 0.830. The van der Waals surface area contributed by atoms with Crippen LogP contribution in [0.25, 0.3) is 0 Å². The second kappa shape index (κ2) is 6.63. The predicted octanol–water partition coefficient (Wildman–Crippen LogP) is 2.91. The fraction of sp³-hybridized carbons (Fsp3) is 0.429. The highest BCUT2D eigenvalue weighted by Crippen LogP contribution is 2.17. The molecule has 5 heteroatoms. The highest BCUT2D eigenvalue weighted by atomic mass is 32.1. The van der Waals surface area contributed by atoms with Gasteiger partial charge in [-0.15, -0.1) is 10.2 Å². The maximum Gasteiger partial charge on any atom is 0.205 e. The van der Waals surface area contributed by atoms with Crippen molar-refractivity contribution in [3.8, 4) is 0 Å². The number of hydrogen-bond donors (Lipinski definition) is 1. The first-order valence-electron chi connectivity index (χ1n) is 6.47. The molecule has 2 aromatic rings. The zero-order valence-electron chi connectivity index (χ0n) is 11.7. The molecule has 1 N–H and O–H groups in total. The first-order valence-corrected chi connectivity index (χ1v) is 7.29. The summed E-state index contributed by atoms with van der Waals surface area (Å²) in [6.45, 7) is 6.81. The molecular formula is C14H20N4S. The minimum Gasteiger partial charge on any atom is -0.360 e. The number of benzene rings is 1. The van der Waals surface area contributed by atoms with Crippen LogP contribution in [0, 0.1) is 6.92 Å². The fourth-order valence-electron chi connectivity index (χ4n) is 1.83. The van der Waals surface area contributed by atoms with Crippen LogP contribution in [-0.2, 0) is 13.1 Å². The van der Waals surface area contributed by atoms with Gasteiger partial charge in [0.2, 0.25) is 5.13 Å². The van der Waals surface area contributed by atoms with E-state index in [2.05, 4.69) is 65.6 Å². The topological polar surface area (TPSA) is 41.1 Å². The summed E-state index contributed by atoms with van der Waals surface area (Å²) in [5, 5.41) is 13.4. The molecule has 2 rings (SSSR count). The van der Waals surface area contributed by atoms with Crippen LogP contribution in [0.15, 0.2) is 24.3 Å². The molecule has 1 aromatic heterocycles. The van der Waals surface area contributed by atoms with Crippen LogP contribution in [0.5, 0.6) is 0 Å². The number of rotatable bonds is 6. The van der Waals surface area contributed by atoms with Crippen molar-refractivity contribution in [2.45, 2.75) is 26.9 Å². The number of aromatic nitrogens is 2. The molecule has 1 aromatic carbocycles. The molecule has 0 aliphatic heterocycles. The van der Waals surface area contributed by atoms with Gasteiger partial charge in [-0.25, -0.2) is 0 Å². The Morgan fingerprint density at radius 2 is 1.89 bits per heavy atom. The van der Waals surface area contributed by atoms with Crippen LogP contribution in [0.2, 0.25) is 0 Å². The fourth-order valence-corrected chi connectivity index (χ4v) is 2.72. The molecule has 0 radical (unpaired) electrons. The van der Waals surface area contributed by atoms with Crippen LogP contribution < -0.4 is 5.32 Å². The van der Waals surface area contributed by atoms with Crippen LogP contribution in [0.3, 0.4) is 0 Å². The van der Waals surface area contributed by atoms with E-state index < -0.39 is 0 Å². The van der Waals surface area contributed by atoms with Crippen molar-refractivity contribution < 1.29 is 0 Å². The largest absolute Gasteiger partial charge is 0.360 e. The molecule has 1 heterocycles. The lowest BCUT2D eigenvalue weighted by Crippen LogP contribution is -2.17. The Balaban J connectivity index is 1.89. The lowest BCUT2D eigenvalue weighted by molar-refractivity contribution is 0.317. The van der Waals surface area contributed by atoms with Gasteiger partial charge in [0.05, 0.1) is 6.54 Å². The second-order valence-electron chi connectivity index (χ2n) is 4.69. The van der Waals surface area contributed by atoms with Crippen LogP contribution in [0.1, 0.15) is 23.1 Å². The van der Waals surface area contributed by atoms with Gasteiger partial charge < -0.3 is 5.32 Å². The van der Waals surface area contributed by atoms with Gasteiger partial charge in [-0.05, 0) is 26.5 Å². The van der Waals surface area contributed by atoms with E-state index in [1.165, 1.54) is 11.1 Å². The van der Waals surface area contributed by atoms with Crippen LogP contribution >= 0.6 is 11.3 Å². The minimum absolute atomic E-state index is 0.830. The molecule has 0 bridgehead atoms. The van der Waals surface area contributed by atoms with Gasteiger partial charge in [-0.1, -0.05) is 41.2 Å². The Kier molecular flexibility index (Phi) is 4.87. The third-order valence-corrected chi connectivity index (χ3v) is 3.64. The Bertz CT molecular complexity index is 506. The predicted molar refractivity (Wildman–Crippen MR) is 80.4 cm³/mol. The Morgan fingerprint density at radius 1 is 1.16 bits per heavy atom. The Labute approximate surface area is 118 Å². The van der Waals surface area contributed by atoms with E-state index in [1.54, 1.807) is 11.3 Å². The summed E-state index contributed by atoms with van der Waals surface area (Å²) in [6, 6.07) is 8.65. The number of aryl methyl sites for hydroxylation is 1. The smallest absolute Gasteiger partial charge is 0.205 e. The van der Waals surface area contributed by atoms with E-state index in [9.17, 15) is 0 Å². The van der Waals surface area contributed by atoms with Gasteiger partial charge in [0.25, 0.3) is 0 Å². The maximum absolute atomic E-state index is 4.19. The van der Waals surface area contributed by atoms with Crippen molar-refractivity contribution in [2.75, 3.05) is 18.9 Å². The third-order valence-electron chi connectivity index (χ3n) is 2.77. The molecule has 0 unspecified atom stereocenters. The molecule has 19 heavy (non-hydrogen) atoms. The lowest BCUT2D eigenvalue weighted by Gasteiger charge is -2.14. The number of hydrogen-bond acceptors (Lipinski definition) is 5. The molecule has 0 atom stereocenters. The van der Waals surface area contributed by atoms with Crippen molar-refractivity contribution in [2.24, 2.45) is 0 Å². The van der Waals surface area contributed by atoms with Crippen molar-refractivity contribution in [3.63, 3.8) is 0 Å². The normalized spacial score (nSPS) is 10.9. The van der Waals surface area contributed by atoms with Crippen LogP contribution in [-0.4, -0.2) is 28.7 Å². The summed E-state index contributed by atoms with van der Waals surface area (Å²) < 4.78 is 0. The van der Waals surface area contributed by atoms with Gasteiger partial charge >= 0.3 is 0 Å². The van der Waals surface area contributed by atoms with Gasteiger partial charge in [-0.2, -0.15) is 0 Å². The van der Waals surface area contributed by atoms with Gasteiger partial charge in [0.1, 0.15) is 5.01 Å². The van der Waals surface area contributed by atoms with Crippen molar-refractivity contribution in [1.82, 2.24) is 15.1 Å². The average molecular weight is 276 g/mol. The van der Waals surface area contributed by atoms with Crippen molar-refractivity contribution >= 4 is 16.5 Å². The molecule has 0 amide bonds. The number of nitrogens with zero attached hydrogens (tertiary/aromatic N) is 3. The molecule has 102 valence electrons. The number of anilines is 1. The van der Waals surface area contributed by atoms with Gasteiger partial charge in [0.15, 0.2) is 0 Å². The van der Waals surface area contributed by atoms with E-state index in [0.29, 0.717) is 0 Å². The maximum atomic E-state index is 4.19. The first kappa shape index (κ1) is 14.0. The van der Waals surface area contributed by atoms with Crippen LogP contribution in [0.4, 0.5) is 5.13 Å². The highest BCUT2D eigenvalue weighted by molar-refractivity contribution is 7.15. The summed E-state index contributed by atoms with van der Waals surface area (Å²) in [5.74, 6) is 0. The molecule has 0 fully saturated rings. The molecule has 0 saturated carbocycles. The van der Waals surface area contributed by atoms with Gasteiger partial charge in [0, 0.05) is 13.1 Å². The molecule has 4 nitrogen and oxygen atoms in total. The number of nitrogens with one attached hydrogen (secondary N) is 1. The highest BCUT2D eigenvalue weighted by Gasteiger charge is 2.07. The molecule has 0 spiro atoms. The standard InChI is InChI=1S/C14H20N4S/c1-4-15-14-17-16-13(19-14)10-18(3)9-12-7-5-11(2)6-8-12/h5-8H,4,9-10H2,1-3H3,(H,15,17). The Morgan fingerprint density at radius 3 is 2.58 bits per heavy atom. The van der Waals surface area contributed by atoms with E-state index in [1.807, 2.05) is 0 Å². The lowest BCUT2D eigenvalue weighted by atomic mass is 10.1. The summed E-state index contributed by atoms with van der Waals surface area (Å²) in [5.41, 5.74) is 2.62. The zero-order valence-corrected chi connectivity index (χ0v) is 12.5. The quantitative estimate of drug-likeness (QED) is 0.881. The monoisotopic (exact) mass is 276 g/mol. The first-order chi connectivity index (χ1) is 9.17. The van der Waals surface area contributed by atoms with Crippen molar-refractivity contribution in [1.29, 1.82) is 0 Å². The van der Waals surface area contributed by atoms with E-state index in [0.717, 1.165) is 29.8 Å². The van der Waals surface area contributed by atoms with E-state index in [4.69, 9.17) is 0 Å². The second-order valence-corrected chi connectivity index (χ2v) is 5.75. The molecule has 0 saturated heterocycles. The third kappa shape index (κ3) is 4.29. The zero-order chi connectivity index (χ0) is 13.7. The van der Waals surface area contributed by atoms with E-state index in [-0.39, 0.29) is 0 Å². The summed E-state index contributed by atoms with van der Waals surface area (Å²) in [7, 11) is 2.11. The molecule has 0 aliphatic carbocycles. The summed E-state index contributed by atoms with van der Waals surface area (Å²) in [6.07, 6.45) is 0. The molecule has 0 aliphatic rings. The summed E-state index contributed by atoms with van der Waals surface area (Å²) >= 11 is 1.62. The SMILES string of the molecule is CCNc1nnc(CN(C)Cc2ccc(C)cc2)s1. The van der Waals surface area contributed by atoms with Crippen molar-refractivity contribution in [3.05, 3.63) is 40.4 Å². The van der Waals surface area contributed by atoms with Gasteiger partial charge in [-0.3, -0.25) is 4.90 Å².